The number of benzene rings is 1. The molecule has 1 aliphatic heterocycles. The molecule has 1 heterocycles. The Morgan fingerprint density at radius 1 is 1.33 bits per heavy atom. The Hall–Kier alpha value is -1.71. The van der Waals surface area contributed by atoms with E-state index in [4.69, 9.17) is 19.7 Å². The SMILES string of the molecule is O=C(O)c1ccc(O[C@@]2(O)CO[C@H](CO)[C@@H](O)[C@@H]2O)cc1. The smallest absolute Gasteiger partial charge is 0.335 e. The van der Waals surface area contributed by atoms with Gasteiger partial charge in [-0.05, 0) is 24.3 Å². The Bertz CT molecular complexity index is 501. The Morgan fingerprint density at radius 3 is 2.48 bits per heavy atom. The van der Waals surface area contributed by atoms with Gasteiger partial charge in [0.25, 0.3) is 5.79 Å². The molecule has 1 aromatic rings. The van der Waals surface area contributed by atoms with Gasteiger partial charge in [-0.25, -0.2) is 4.79 Å². The van der Waals surface area contributed by atoms with Crippen LogP contribution in [0.25, 0.3) is 0 Å². The van der Waals surface area contributed by atoms with E-state index in [0.29, 0.717) is 0 Å². The molecule has 8 heteroatoms. The molecule has 1 aliphatic rings. The number of aromatic carboxylic acids is 1. The van der Waals surface area contributed by atoms with Gasteiger partial charge in [-0.15, -0.1) is 0 Å². The van der Waals surface area contributed by atoms with E-state index in [0.717, 1.165) is 0 Å². The van der Waals surface area contributed by atoms with Gasteiger partial charge < -0.3 is 35.0 Å². The summed E-state index contributed by atoms with van der Waals surface area (Å²) in [6.45, 7) is -0.973. The summed E-state index contributed by atoms with van der Waals surface area (Å²) in [5.74, 6) is -3.21. The van der Waals surface area contributed by atoms with Gasteiger partial charge in [0.05, 0.1) is 12.2 Å². The van der Waals surface area contributed by atoms with E-state index in [1.54, 1.807) is 0 Å². The van der Waals surface area contributed by atoms with E-state index < -0.39 is 43.3 Å². The number of hydrogen-bond donors (Lipinski definition) is 5. The zero-order valence-electron chi connectivity index (χ0n) is 10.9. The number of carbonyl (C=O) groups is 1. The van der Waals surface area contributed by atoms with Crippen molar-refractivity contribution in [1.82, 2.24) is 0 Å². The van der Waals surface area contributed by atoms with E-state index >= 15 is 0 Å². The van der Waals surface area contributed by atoms with Gasteiger partial charge >= 0.3 is 5.97 Å². The third-order valence-electron chi connectivity index (χ3n) is 3.25. The van der Waals surface area contributed by atoms with Crippen molar-refractivity contribution in [2.45, 2.75) is 24.1 Å². The largest absolute Gasteiger partial charge is 0.478 e. The highest BCUT2D eigenvalue weighted by Gasteiger charge is 2.50. The van der Waals surface area contributed by atoms with Gasteiger partial charge in [-0.2, -0.15) is 0 Å². The predicted molar refractivity (Wildman–Crippen MR) is 67.8 cm³/mol. The summed E-state index contributed by atoms with van der Waals surface area (Å²) in [5, 5.41) is 47.5. The monoisotopic (exact) mass is 300 g/mol. The molecular weight excluding hydrogens is 284 g/mol. The Balaban J connectivity index is 2.12. The number of carboxylic acids is 1. The second-order valence-electron chi connectivity index (χ2n) is 4.74. The van der Waals surface area contributed by atoms with Gasteiger partial charge in [0, 0.05) is 0 Å². The lowest BCUT2D eigenvalue weighted by Crippen LogP contribution is -2.64. The molecule has 1 aromatic carbocycles. The average molecular weight is 300 g/mol. The van der Waals surface area contributed by atoms with Crippen LogP contribution < -0.4 is 4.74 Å². The lowest BCUT2D eigenvalue weighted by atomic mass is 9.97. The average Bonchev–Trinajstić information content (AvgIpc) is 2.46. The summed E-state index contributed by atoms with van der Waals surface area (Å²) in [7, 11) is 0. The summed E-state index contributed by atoms with van der Waals surface area (Å²) in [6, 6.07) is 5.14. The number of ether oxygens (including phenoxy) is 2. The van der Waals surface area contributed by atoms with E-state index in [1.807, 2.05) is 0 Å². The molecule has 116 valence electrons. The second kappa shape index (κ2) is 5.96. The highest BCUT2D eigenvalue weighted by atomic mass is 16.7. The van der Waals surface area contributed by atoms with Crippen molar-refractivity contribution in [1.29, 1.82) is 0 Å². The van der Waals surface area contributed by atoms with E-state index in [2.05, 4.69) is 0 Å². The van der Waals surface area contributed by atoms with Crippen LogP contribution in [0.15, 0.2) is 24.3 Å². The van der Waals surface area contributed by atoms with Crippen LogP contribution in [-0.2, 0) is 4.74 Å². The molecule has 1 fully saturated rings. The molecular formula is C13H16O8. The highest BCUT2D eigenvalue weighted by molar-refractivity contribution is 5.87. The molecule has 0 spiro atoms. The zero-order valence-corrected chi connectivity index (χ0v) is 10.9. The summed E-state index contributed by atoms with van der Waals surface area (Å²) < 4.78 is 10.2. The fraction of sp³-hybridized carbons (Fsp3) is 0.462. The van der Waals surface area contributed by atoms with Gasteiger partial charge in [0.15, 0.2) is 0 Å². The van der Waals surface area contributed by atoms with Crippen LogP contribution >= 0.6 is 0 Å². The minimum absolute atomic E-state index is 0.0372. The summed E-state index contributed by atoms with van der Waals surface area (Å²) >= 11 is 0. The molecule has 0 unspecified atom stereocenters. The maximum Gasteiger partial charge on any atom is 0.335 e. The lowest BCUT2D eigenvalue weighted by Gasteiger charge is -2.42. The van der Waals surface area contributed by atoms with Crippen molar-refractivity contribution in [2.75, 3.05) is 13.2 Å². The van der Waals surface area contributed by atoms with E-state index in [-0.39, 0.29) is 11.3 Å². The summed E-state index contributed by atoms with van der Waals surface area (Å²) in [4.78, 5) is 10.7. The van der Waals surface area contributed by atoms with Crippen molar-refractivity contribution < 1.29 is 39.8 Å². The van der Waals surface area contributed by atoms with E-state index in [9.17, 15) is 20.1 Å². The molecule has 0 saturated carbocycles. The number of aliphatic hydroxyl groups is 4. The second-order valence-corrected chi connectivity index (χ2v) is 4.74. The molecule has 8 nitrogen and oxygen atoms in total. The van der Waals surface area contributed by atoms with Crippen molar-refractivity contribution in [3.8, 4) is 5.75 Å². The van der Waals surface area contributed by atoms with E-state index in [1.165, 1.54) is 24.3 Å². The van der Waals surface area contributed by atoms with Crippen molar-refractivity contribution in [2.24, 2.45) is 0 Å². The minimum Gasteiger partial charge on any atom is -0.478 e. The van der Waals surface area contributed by atoms with Crippen LogP contribution in [0.3, 0.4) is 0 Å². The number of hydrogen-bond acceptors (Lipinski definition) is 7. The van der Waals surface area contributed by atoms with Crippen LogP contribution in [0.5, 0.6) is 5.75 Å². The van der Waals surface area contributed by atoms with Crippen molar-refractivity contribution in [3.63, 3.8) is 0 Å². The molecule has 0 radical (unpaired) electrons. The topological polar surface area (TPSA) is 137 Å². The maximum atomic E-state index is 10.7. The Labute approximate surface area is 119 Å². The third kappa shape index (κ3) is 3.14. The highest BCUT2D eigenvalue weighted by Crippen LogP contribution is 2.28. The first kappa shape index (κ1) is 15.7. The van der Waals surface area contributed by atoms with Crippen LogP contribution in [-0.4, -0.2) is 68.8 Å². The van der Waals surface area contributed by atoms with Crippen molar-refractivity contribution in [3.05, 3.63) is 29.8 Å². The standard InChI is InChI=1S/C13H16O8/c14-5-9-10(15)11(16)13(19,6-20-9)21-8-3-1-7(2-4-8)12(17)18/h1-4,9-11,14-16,19H,5-6H2,(H,17,18)/t9-,10-,11+,13+/m1/s1. The quantitative estimate of drug-likeness (QED) is 0.427. The van der Waals surface area contributed by atoms with Gasteiger partial charge in [-0.1, -0.05) is 0 Å². The summed E-state index contributed by atoms with van der Waals surface area (Å²) in [6.07, 6.45) is -4.23. The minimum atomic E-state index is -2.20. The Morgan fingerprint density at radius 2 is 1.95 bits per heavy atom. The number of rotatable bonds is 4. The molecule has 1 saturated heterocycles. The fourth-order valence-electron chi connectivity index (χ4n) is 2.00. The van der Waals surface area contributed by atoms with Crippen LogP contribution in [0.4, 0.5) is 0 Å². The first-order valence-corrected chi connectivity index (χ1v) is 6.21. The number of aliphatic hydroxyl groups excluding tert-OH is 3. The van der Waals surface area contributed by atoms with Crippen LogP contribution in [0, 0.1) is 0 Å². The molecule has 21 heavy (non-hydrogen) atoms. The fourth-order valence-corrected chi connectivity index (χ4v) is 2.00. The zero-order chi connectivity index (χ0) is 15.6. The van der Waals surface area contributed by atoms with Gasteiger partial charge in [0.1, 0.15) is 30.7 Å². The van der Waals surface area contributed by atoms with Crippen LogP contribution in [0.1, 0.15) is 10.4 Å². The number of carboxylic acid groups (broad SMARTS) is 1. The molecule has 0 aliphatic carbocycles. The lowest BCUT2D eigenvalue weighted by molar-refractivity contribution is -0.307. The molecule has 2 rings (SSSR count). The summed E-state index contributed by atoms with van der Waals surface area (Å²) in [5.41, 5.74) is 0.0372. The molecule has 4 atom stereocenters. The van der Waals surface area contributed by atoms with Crippen LogP contribution in [0.2, 0.25) is 0 Å². The molecule has 0 bridgehead atoms. The Kier molecular flexibility index (Phi) is 4.45. The first-order valence-electron chi connectivity index (χ1n) is 6.21. The van der Waals surface area contributed by atoms with Gasteiger partial charge in [-0.3, -0.25) is 0 Å². The third-order valence-corrected chi connectivity index (χ3v) is 3.25. The maximum absolute atomic E-state index is 10.7. The first-order chi connectivity index (χ1) is 9.87. The molecule has 0 aromatic heterocycles. The van der Waals surface area contributed by atoms with Gasteiger partial charge in [0.2, 0.25) is 0 Å². The molecule has 0 amide bonds. The van der Waals surface area contributed by atoms with Crippen molar-refractivity contribution >= 4 is 5.97 Å². The normalized spacial score (nSPS) is 32.7. The molecule has 5 N–H and O–H groups in total. The predicted octanol–water partition coefficient (Wildman–Crippen LogP) is -1.43.